The maximum absolute atomic E-state index is 4.84. The van der Waals surface area contributed by atoms with E-state index in [9.17, 15) is 0 Å². The molecule has 0 aliphatic rings. The Morgan fingerprint density at radius 3 is 2.21 bits per heavy atom. The highest BCUT2D eigenvalue weighted by Gasteiger charge is 2.14. The molecule has 0 amide bonds. The van der Waals surface area contributed by atoms with Crippen LogP contribution in [0.2, 0.25) is 0 Å². The maximum Gasteiger partial charge on any atom is 0.227 e. The van der Waals surface area contributed by atoms with Gasteiger partial charge in [0.1, 0.15) is 0 Å². The van der Waals surface area contributed by atoms with Crippen molar-refractivity contribution in [1.82, 2.24) is 14.9 Å². The lowest BCUT2D eigenvalue weighted by Crippen LogP contribution is -2.22. The minimum Gasteiger partial charge on any atom is -0.372 e. The first-order valence-electron chi connectivity index (χ1n) is 14.9. The highest BCUT2D eigenvalue weighted by atomic mass is 15.1. The minimum absolute atomic E-state index is 0.118. The Balaban J connectivity index is 1.47. The van der Waals surface area contributed by atoms with Gasteiger partial charge in [-0.1, -0.05) is 95.8 Å². The Bertz CT molecular complexity index is 1510. The standard InChI is InChI=1S/C37H45N5/c1-9-11-25-42(10-2)28(5)30-17-21-32(22-18-30)40-36-38-24-23-35(41-36)33-13-12-14-34(26(33)3)39-27(4)29-15-19-31(20-16-29)37(6,7)8/h12-24,39H,4-5,9-11,25H2,1-3,6-8H3,(H,38,40,41). The molecule has 0 fully saturated rings. The molecule has 4 rings (SSSR count). The Morgan fingerprint density at radius 1 is 0.881 bits per heavy atom. The summed E-state index contributed by atoms with van der Waals surface area (Å²) in [6.07, 6.45) is 4.13. The molecular weight excluding hydrogens is 514 g/mol. The molecule has 1 aromatic heterocycles. The molecule has 0 atom stereocenters. The van der Waals surface area contributed by atoms with Gasteiger partial charge in [0.05, 0.1) is 5.69 Å². The third-order valence-corrected chi connectivity index (χ3v) is 7.67. The highest BCUT2D eigenvalue weighted by Crippen LogP contribution is 2.31. The van der Waals surface area contributed by atoms with Gasteiger partial charge in [-0.2, -0.15) is 0 Å². The first kappa shape index (κ1) is 30.6. The fraction of sp³-hybridized carbons (Fsp3) is 0.297. The second kappa shape index (κ2) is 13.5. The van der Waals surface area contributed by atoms with Gasteiger partial charge in [0.15, 0.2) is 0 Å². The van der Waals surface area contributed by atoms with Gasteiger partial charge in [-0.15, -0.1) is 0 Å². The summed E-state index contributed by atoms with van der Waals surface area (Å²) in [6, 6.07) is 25.1. The molecule has 218 valence electrons. The molecule has 0 aliphatic carbocycles. The average molecular weight is 560 g/mol. The van der Waals surface area contributed by atoms with E-state index in [1.165, 1.54) is 18.4 Å². The fourth-order valence-corrected chi connectivity index (χ4v) is 4.91. The van der Waals surface area contributed by atoms with E-state index in [4.69, 9.17) is 4.98 Å². The summed E-state index contributed by atoms with van der Waals surface area (Å²) >= 11 is 0. The Kier molecular flexibility index (Phi) is 9.84. The molecule has 3 aromatic carbocycles. The van der Waals surface area contributed by atoms with E-state index in [1.54, 1.807) is 6.20 Å². The maximum atomic E-state index is 4.84. The molecule has 4 aromatic rings. The van der Waals surface area contributed by atoms with Gasteiger partial charge in [0.25, 0.3) is 0 Å². The van der Waals surface area contributed by atoms with Gasteiger partial charge in [0.2, 0.25) is 5.95 Å². The molecule has 0 unspecified atom stereocenters. The molecule has 0 aliphatic heterocycles. The Morgan fingerprint density at radius 2 is 1.57 bits per heavy atom. The number of unbranched alkanes of at least 4 members (excludes halogenated alkanes) is 1. The van der Waals surface area contributed by atoms with Crippen molar-refractivity contribution >= 4 is 28.7 Å². The SMILES string of the molecule is C=C(Nc1cccc(-c2ccnc(Nc3ccc(C(=C)N(CC)CCCC)cc3)n2)c1C)c1ccc(C(C)(C)C)cc1. The van der Waals surface area contributed by atoms with Crippen LogP contribution in [0.1, 0.15) is 69.7 Å². The van der Waals surface area contributed by atoms with Crippen LogP contribution in [-0.4, -0.2) is 28.0 Å². The fourth-order valence-electron chi connectivity index (χ4n) is 4.91. The summed E-state index contributed by atoms with van der Waals surface area (Å²) in [5.74, 6) is 0.554. The molecule has 2 N–H and O–H groups in total. The number of benzene rings is 3. The number of anilines is 3. The molecule has 0 bridgehead atoms. The second-order valence-corrected chi connectivity index (χ2v) is 11.8. The van der Waals surface area contributed by atoms with Gasteiger partial charge in [-0.25, -0.2) is 9.97 Å². The normalized spacial score (nSPS) is 11.2. The number of nitrogens with one attached hydrogen (secondary N) is 2. The van der Waals surface area contributed by atoms with E-state index in [-0.39, 0.29) is 5.41 Å². The molecule has 42 heavy (non-hydrogen) atoms. The van der Waals surface area contributed by atoms with Crippen LogP contribution in [-0.2, 0) is 5.41 Å². The van der Waals surface area contributed by atoms with E-state index >= 15 is 0 Å². The molecule has 0 spiro atoms. The largest absolute Gasteiger partial charge is 0.372 e. The summed E-state index contributed by atoms with van der Waals surface area (Å²) < 4.78 is 0. The van der Waals surface area contributed by atoms with Crippen LogP contribution in [0, 0.1) is 6.92 Å². The van der Waals surface area contributed by atoms with Crippen LogP contribution < -0.4 is 10.6 Å². The quantitative estimate of drug-likeness (QED) is 0.181. The lowest BCUT2D eigenvalue weighted by molar-refractivity contribution is 0.408. The van der Waals surface area contributed by atoms with Gasteiger partial charge in [-0.3, -0.25) is 0 Å². The zero-order chi connectivity index (χ0) is 30.3. The van der Waals surface area contributed by atoms with Crippen molar-refractivity contribution in [3.8, 4) is 11.3 Å². The Hall–Kier alpha value is -4.38. The number of aromatic nitrogens is 2. The van der Waals surface area contributed by atoms with E-state index in [1.807, 2.05) is 12.1 Å². The van der Waals surface area contributed by atoms with Crippen molar-refractivity contribution in [2.75, 3.05) is 23.7 Å². The molecule has 1 heterocycles. The average Bonchev–Trinajstić information content (AvgIpc) is 2.98. The molecule has 0 radical (unpaired) electrons. The van der Waals surface area contributed by atoms with Crippen LogP contribution >= 0.6 is 0 Å². The molecule has 5 nitrogen and oxygen atoms in total. The summed E-state index contributed by atoms with van der Waals surface area (Å²) in [7, 11) is 0. The van der Waals surface area contributed by atoms with Crippen LogP contribution in [0.15, 0.2) is 92.2 Å². The van der Waals surface area contributed by atoms with E-state index in [0.29, 0.717) is 5.95 Å². The molecule has 0 saturated heterocycles. The first-order valence-corrected chi connectivity index (χ1v) is 14.9. The van der Waals surface area contributed by atoms with Crippen molar-refractivity contribution in [3.63, 3.8) is 0 Å². The zero-order valence-electron chi connectivity index (χ0n) is 26.1. The van der Waals surface area contributed by atoms with Crippen LogP contribution in [0.4, 0.5) is 17.3 Å². The van der Waals surface area contributed by atoms with E-state index < -0.39 is 0 Å². The van der Waals surface area contributed by atoms with Crippen molar-refractivity contribution < 1.29 is 0 Å². The molecule has 5 heteroatoms. The Labute approximate surface area is 252 Å². The first-order chi connectivity index (χ1) is 20.1. The van der Waals surface area contributed by atoms with Gasteiger partial charge in [0, 0.05) is 47.6 Å². The number of hydrogen-bond donors (Lipinski definition) is 2. The molecular formula is C37H45N5. The van der Waals surface area contributed by atoms with Crippen LogP contribution in [0.5, 0.6) is 0 Å². The number of nitrogens with zero attached hydrogens (tertiary/aromatic N) is 3. The van der Waals surface area contributed by atoms with Crippen molar-refractivity contribution in [2.24, 2.45) is 0 Å². The second-order valence-electron chi connectivity index (χ2n) is 11.8. The van der Waals surface area contributed by atoms with Crippen LogP contribution in [0.3, 0.4) is 0 Å². The highest BCUT2D eigenvalue weighted by molar-refractivity contribution is 5.81. The lowest BCUT2D eigenvalue weighted by Gasteiger charge is -2.25. The zero-order valence-corrected chi connectivity index (χ0v) is 26.1. The predicted octanol–water partition coefficient (Wildman–Crippen LogP) is 9.67. The third kappa shape index (κ3) is 7.47. The summed E-state index contributed by atoms with van der Waals surface area (Å²) in [6.45, 7) is 23.8. The summed E-state index contributed by atoms with van der Waals surface area (Å²) in [5.41, 5.74) is 10.5. The van der Waals surface area contributed by atoms with Crippen LogP contribution in [0.25, 0.3) is 22.7 Å². The van der Waals surface area contributed by atoms with E-state index in [0.717, 1.165) is 63.8 Å². The minimum atomic E-state index is 0.118. The van der Waals surface area contributed by atoms with Crippen molar-refractivity contribution in [1.29, 1.82) is 0 Å². The molecule has 0 saturated carbocycles. The van der Waals surface area contributed by atoms with Crippen molar-refractivity contribution in [3.05, 3.63) is 114 Å². The topological polar surface area (TPSA) is 53.1 Å². The summed E-state index contributed by atoms with van der Waals surface area (Å²) in [4.78, 5) is 11.7. The smallest absolute Gasteiger partial charge is 0.227 e. The summed E-state index contributed by atoms with van der Waals surface area (Å²) in [5, 5.41) is 6.89. The number of hydrogen-bond acceptors (Lipinski definition) is 5. The van der Waals surface area contributed by atoms with Crippen molar-refractivity contribution in [2.45, 2.75) is 59.8 Å². The van der Waals surface area contributed by atoms with Gasteiger partial charge in [-0.05, 0) is 72.2 Å². The van der Waals surface area contributed by atoms with Gasteiger partial charge < -0.3 is 15.5 Å². The van der Waals surface area contributed by atoms with E-state index in [2.05, 4.69) is 136 Å². The predicted molar refractivity (Wildman–Crippen MR) is 181 cm³/mol. The van der Waals surface area contributed by atoms with Gasteiger partial charge >= 0.3 is 0 Å². The monoisotopic (exact) mass is 559 g/mol. The lowest BCUT2D eigenvalue weighted by atomic mass is 9.86. The number of rotatable bonds is 12. The third-order valence-electron chi connectivity index (χ3n) is 7.67.